The van der Waals surface area contributed by atoms with Crippen LogP contribution in [0.1, 0.15) is 21.5 Å². The van der Waals surface area contributed by atoms with E-state index < -0.39 is 9.84 Å². The molecule has 0 bridgehead atoms. The molecule has 0 atom stereocenters. The largest absolute Gasteiger partial charge is 0.492 e. The smallest absolute Gasteiger partial charge is 0.196 e. The normalized spacial score (nSPS) is 13.6. The lowest BCUT2D eigenvalue weighted by Crippen LogP contribution is -2.05. The Hall–Kier alpha value is -2.14. The minimum absolute atomic E-state index is 0.141. The molecule has 0 saturated heterocycles. The van der Waals surface area contributed by atoms with Gasteiger partial charge in [0.2, 0.25) is 0 Å². The summed E-state index contributed by atoms with van der Waals surface area (Å²) in [4.78, 5) is 12.8. The van der Waals surface area contributed by atoms with Gasteiger partial charge in [-0.1, -0.05) is 24.3 Å². The lowest BCUT2D eigenvalue weighted by molar-refractivity contribution is 0.103. The molecule has 0 amide bonds. The molecule has 1 aliphatic heterocycles. The SMILES string of the molecule is CS(=O)(=O)c1cccc(C(=O)c2cccc3c2OCC3)c1. The lowest BCUT2D eigenvalue weighted by Gasteiger charge is -2.08. The van der Waals surface area contributed by atoms with Crippen molar-refractivity contribution < 1.29 is 17.9 Å². The van der Waals surface area contributed by atoms with Crippen LogP contribution in [0.5, 0.6) is 5.75 Å². The summed E-state index contributed by atoms with van der Waals surface area (Å²) in [5.41, 5.74) is 1.84. The van der Waals surface area contributed by atoms with Gasteiger partial charge in [-0.25, -0.2) is 8.42 Å². The number of carbonyl (C=O) groups excluding carboxylic acids is 1. The van der Waals surface area contributed by atoms with E-state index in [0.29, 0.717) is 23.5 Å². The van der Waals surface area contributed by atoms with Crippen LogP contribution in [-0.2, 0) is 16.3 Å². The number of ether oxygens (including phenoxy) is 1. The molecule has 0 N–H and O–H groups in total. The van der Waals surface area contributed by atoms with Crippen LogP contribution in [0.15, 0.2) is 47.4 Å². The van der Waals surface area contributed by atoms with E-state index in [1.165, 1.54) is 12.1 Å². The molecule has 3 rings (SSSR count). The standard InChI is InChI=1S/C16H14O4S/c1-21(18,19)13-6-2-5-12(10-13)15(17)14-7-3-4-11-8-9-20-16(11)14/h2-7,10H,8-9H2,1H3. The fourth-order valence-electron chi connectivity index (χ4n) is 2.42. The topological polar surface area (TPSA) is 60.4 Å². The zero-order valence-corrected chi connectivity index (χ0v) is 12.3. The first-order valence-electron chi connectivity index (χ1n) is 6.56. The third kappa shape index (κ3) is 2.56. The van der Waals surface area contributed by atoms with Crippen LogP contribution in [0.2, 0.25) is 0 Å². The van der Waals surface area contributed by atoms with Crippen molar-refractivity contribution in [2.45, 2.75) is 11.3 Å². The molecule has 1 heterocycles. The van der Waals surface area contributed by atoms with Crippen molar-refractivity contribution in [2.75, 3.05) is 12.9 Å². The highest BCUT2D eigenvalue weighted by Gasteiger charge is 2.22. The fourth-order valence-corrected chi connectivity index (χ4v) is 3.08. The highest BCUT2D eigenvalue weighted by Crippen LogP contribution is 2.31. The van der Waals surface area contributed by atoms with Crippen molar-refractivity contribution >= 4 is 15.6 Å². The van der Waals surface area contributed by atoms with Crippen molar-refractivity contribution in [1.29, 1.82) is 0 Å². The van der Waals surface area contributed by atoms with Crippen LogP contribution in [0.4, 0.5) is 0 Å². The van der Waals surface area contributed by atoms with Crippen LogP contribution in [0, 0.1) is 0 Å². The van der Waals surface area contributed by atoms with E-state index in [9.17, 15) is 13.2 Å². The predicted octanol–water partition coefficient (Wildman–Crippen LogP) is 2.26. The molecule has 0 aliphatic carbocycles. The van der Waals surface area contributed by atoms with Gasteiger partial charge in [-0.05, 0) is 23.8 Å². The van der Waals surface area contributed by atoms with E-state index in [2.05, 4.69) is 0 Å². The summed E-state index contributed by atoms with van der Waals surface area (Å²) in [6.07, 6.45) is 1.92. The summed E-state index contributed by atoms with van der Waals surface area (Å²) in [6, 6.07) is 11.6. The second-order valence-electron chi connectivity index (χ2n) is 5.02. The maximum absolute atomic E-state index is 12.6. The highest BCUT2D eigenvalue weighted by molar-refractivity contribution is 7.90. The van der Waals surface area contributed by atoms with E-state index >= 15 is 0 Å². The van der Waals surface area contributed by atoms with Gasteiger partial charge in [0, 0.05) is 18.2 Å². The summed E-state index contributed by atoms with van der Waals surface area (Å²) in [7, 11) is -3.34. The van der Waals surface area contributed by atoms with Crippen LogP contribution in [0.3, 0.4) is 0 Å². The zero-order valence-electron chi connectivity index (χ0n) is 11.5. The summed E-state index contributed by atoms with van der Waals surface area (Å²) in [5.74, 6) is 0.395. The molecule has 0 saturated carbocycles. The van der Waals surface area contributed by atoms with Crippen molar-refractivity contribution in [1.82, 2.24) is 0 Å². The first-order chi connectivity index (χ1) is 9.97. The number of para-hydroxylation sites is 1. The second-order valence-corrected chi connectivity index (χ2v) is 7.04. The minimum Gasteiger partial charge on any atom is -0.492 e. The minimum atomic E-state index is -3.34. The van der Waals surface area contributed by atoms with Gasteiger partial charge in [0.25, 0.3) is 0 Å². The van der Waals surface area contributed by atoms with Crippen molar-refractivity contribution in [2.24, 2.45) is 0 Å². The summed E-state index contributed by atoms with van der Waals surface area (Å²) < 4.78 is 28.7. The summed E-state index contributed by atoms with van der Waals surface area (Å²) in [5, 5.41) is 0. The highest BCUT2D eigenvalue weighted by atomic mass is 32.2. The number of fused-ring (bicyclic) bond motifs is 1. The molecule has 21 heavy (non-hydrogen) atoms. The molecule has 0 unspecified atom stereocenters. The molecule has 5 heteroatoms. The number of rotatable bonds is 3. The summed E-state index contributed by atoms with van der Waals surface area (Å²) in [6.45, 7) is 0.572. The van der Waals surface area contributed by atoms with Gasteiger partial charge in [0.15, 0.2) is 15.6 Å². The second kappa shape index (κ2) is 5.00. The van der Waals surface area contributed by atoms with E-state index in [1.54, 1.807) is 18.2 Å². The van der Waals surface area contributed by atoms with Gasteiger partial charge in [-0.3, -0.25) is 4.79 Å². The lowest BCUT2D eigenvalue weighted by atomic mass is 10.00. The average molecular weight is 302 g/mol. The molecule has 1 aliphatic rings. The Bertz CT molecular complexity index is 822. The molecule has 0 aromatic heterocycles. The molecule has 4 nitrogen and oxygen atoms in total. The Morgan fingerprint density at radius 3 is 2.67 bits per heavy atom. The van der Waals surface area contributed by atoms with E-state index in [1.807, 2.05) is 12.1 Å². The molecule has 0 spiro atoms. The Balaban J connectivity index is 2.06. The van der Waals surface area contributed by atoms with Crippen LogP contribution >= 0.6 is 0 Å². The number of hydrogen-bond acceptors (Lipinski definition) is 4. The first kappa shape index (κ1) is 13.8. The average Bonchev–Trinajstić information content (AvgIpc) is 2.94. The van der Waals surface area contributed by atoms with Gasteiger partial charge in [0.05, 0.1) is 17.1 Å². The van der Waals surface area contributed by atoms with Crippen LogP contribution in [0.25, 0.3) is 0 Å². The zero-order chi connectivity index (χ0) is 15.0. The van der Waals surface area contributed by atoms with Crippen molar-refractivity contribution in [3.8, 4) is 5.75 Å². The van der Waals surface area contributed by atoms with Crippen molar-refractivity contribution in [3.63, 3.8) is 0 Å². The van der Waals surface area contributed by atoms with Gasteiger partial charge in [0.1, 0.15) is 5.75 Å². The number of hydrogen-bond donors (Lipinski definition) is 0. The van der Waals surface area contributed by atoms with Gasteiger partial charge < -0.3 is 4.74 Å². The molecule has 2 aromatic carbocycles. The first-order valence-corrected chi connectivity index (χ1v) is 8.45. The monoisotopic (exact) mass is 302 g/mol. The predicted molar refractivity (Wildman–Crippen MR) is 78.6 cm³/mol. The maximum Gasteiger partial charge on any atom is 0.196 e. The quantitative estimate of drug-likeness (QED) is 0.816. The Kier molecular flexibility index (Phi) is 3.29. The number of benzene rings is 2. The van der Waals surface area contributed by atoms with E-state index in [4.69, 9.17) is 4.74 Å². The van der Waals surface area contributed by atoms with Crippen LogP contribution in [-0.4, -0.2) is 27.1 Å². The number of sulfone groups is 1. The Morgan fingerprint density at radius 2 is 1.90 bits per heavy atom. The molecule has 108 valence electrons. The third-order valence-electron chi connectivity index (χ3n) is 3.48. The molecule has 2 aromatic rings. The number of carbonyl (C=O) groups is 1. The van der Waals surface area contributed by atoms with E-state index in [0.717, 1.165) is 18.2 Å². The molecule has 0 fully saturated rings. The Labute approximate surface area is 123 Å². The van der Waals surface area contributed by atoms with Gasteiger partial charge in [-0.15, -0.1) is 0 Å². The fraction of sp³-hybridized carbons (Fsp3) is 0.188. The maximum atomic E-state index is 12.6. The molecular weight excluding hydrogens is 288 g/mol. The van der Waals surface area contributed by atoms with Crippen molar-refractivity contribution in [3.05, 3.63) is 59.2 Å². The molecule has 0 radical (unpaired) electrons. The number of ketones is 1. The van der Waals surface area contributed by atoms with Gasteiger partial charge >= 0.3 is 0 Å². The van der Waals surface area contributed by atoms with Gasteiger partial charge in [-0.2, -0.15) is 0 Å². The Morgan fingerprint density at radius 1 is 1.14 bits per heavy atom. The van der Waals surface area contributed by atoms with E-state index in [-0.39, 0.29) is 10.7 Å². The third-order valence-corrected chi connectivity index (χ3v) is 4.59. The molecular formula is C16H14O4S. The van der Waals surface area contributed by atoms with Crippen LogP contribution < -0.4 is 4.74 Å². The summed E-state index contributed by atoms with van der Waals surface area (Å²) >= 11 is 0.